The molecule has 0 aliphatic rings. The van der Waals surface area contributed by atoms with E-state index < -0.39 is 0 Å². The van der Waals surface area contributed by atoms with Crippen molar-refractivity contribution in [3.63, 3.8) is 0 Å². The molecule has 7 heavy (non-hydrogen) atoms. The van der Waals surface area contributed by atoms with Crippen molar-refractivity contribution in [3.8, 4) is 0 Å². The predicted octanol–water partition coefficient (Wildman–Crippen LogP) is -15.0. The summed E-state index contributed by atoms with van der Waals surface area (Å²) in [5.74, 6) is 0. The Bertz CT molecular complexity index is 8.04. The third-order valence-corrected chi connectivity index (χ3v) is 0. The maximum atomic E-state index is 0. The summed E-state index contributed by atoms with van der Waals surface area (Å²) >= 11 is 0. The zero-order valence-corrected chi connectivity index (χ0v) is 5.13. The Hall–Kier alpha value is 0.702. The molecule has 0 rings (SSSR count). The molecule has 0 heterocycles. The first kappa shape index (κ1) is 702. The Morgan fingerprint density at radius 2 is 0.429 bits per heavy atom. The van der Waals surface area contributed by atoms with E-state index in [9.17, 15) is 0 Å². The summed E-state index contributed by atoms with van der Waals surface area (Å²) in [4.78, 5) is 0. The van der Waals surface area contributed by atoms with Crippen LogP contribution in [-0.4, -0.2) is 0 Å². The van der Waals surface area contributed by atoms with Gasteiger partial charge in [-0.15, -0.1) is 0 Å². The van der Waals surface area contributed by atoms with Gasteiger partial charge in [-0.25, -0.2) is 0 Å². The molecule has 0 saturated carbocycles. The van der Waals surface area contributed by atoms with Crippen LogP contribution < -0.4 is 23.5 Å². The van der Waals surface area contributed by atoms with Crippen molar-refractivity contribution in [3.05, 3.63) is 0 Å². The van der Waals surface area contributed by atoms with Gasteiger partial charge in [0.25, 0.3) is 0 Å². The molecule has 0 spiro atoms. The van der Waals surface area contributed by atoms with Crippen LogP contribution in [0.1, 0.15) is 0 Å². The van der Waals surface area contributed by atoms with E-state index in [-0.39, 0.29) is 58.0 Å². The second kappa shape index (κ2) is 442. The van der Waals surface area contributed by atoms with E-state index in [1.807, 2.05) is 0 Å². The minimum absolute atomic E-state index is 0. The zero-order valence-electron chi connectivity index (χ0n) is 2.68. The Labute approximate surface area is 58.5 Å². The van der Waals surface area contributed by atoms with Gasteiger partial charge in [-0.2, -0.15) is 0 Å². The molecule has 49 valence electrons. The third-order valence-electron chi connectivity index (χ3n) is 0. The van der Waals surface area contributed by atoms with Gasteiger partial charge in [0.2, 0.25) is 0 Å². The number of hydrogen-bond acceptors (Lipinski definition) is 0. The van der Waals surface area contributed by atoms with E-state index >= 15 is 0 Å². The van der Waals surface area contributed by atoms with Gasteiger partial charge < -0.3 is 23.5 Å². The molecule has 0 unspecified atom stereocenters. The van der Waals surface area contributed by atoms with Crippen molar-refractivity contribution in [1.82, 2.24) is 0 Å². The summed E-state index contributed by atoms with van der Waals surface area (Å²) < 4.78 is 0. The summed E-state index contributed by atoms with van der Waals surface area (Å²) in [5.41, 5.74) is 0. The van der Waals surface area contributed by atoms with Crippen molar-refractivity contribution in [2.75, 3.05) is 0 Å². The van der Waals surface area contributed by atoms with Gasteiger partial charge in [0.15, 0.2) is 0 Å². The first-order valence-corrected chi connectivity index (χ1v) is 0. The SMILES string of the molecule is [Cr+2].[F-].[F-].[F-].[F-].[F-].[Mn+2]. The van der Waals surface area contributed by atoms with Gasteiger partial charge in [-0.1, -0.05) is 0 Å². The zero-order chi connectivity index (χ0) is 0. The van der Waals surface area contributed by atoms with Crippen LogP contribution in [0.15, 0.2) is 0 Å². The second-order valence-electron chi connectivity index (χ2n) is 0. The smallest absolute Gasteiger partial charge is 1.00 e. The number of hydrogen-bond donors (Lipinski definition) is 0. The van der Waals surface area contributed by atoms with Gasteiger partial charge in [0.05, 0.1) is 0 Å². The molecule has 0 aliphatic carbocycles. The minimum Gasteiger partial charge on any atom is -1.00 e. The van der Waals surface area contributed by atoms with Crippen LogP contribution in [-0.2, 0) is 34.4 Å². The fourth-order valence-corrected chi connectivity index (χ4v) is 0. The van der Waals surface area contributed by atoms with E-state index in [1.54, 1.807) is 0 Å². The van der Waals surface area contributed by atoms with Crippen molar-refractivity contribution in [2.45, 2.75) is 0 Å². The van der Waals surface area contributed by atoms with Crippen molar-refractivity contribution >= 4 is 0 Å². The summed E-state index contributed by atoms with van der Waals surface area (Å²) in [6.07, 6.45) is 0. The van der Waals surface area contributed by atoms with E-state index in [0.717, 1.165) is 0 Å². The van der Waals surface area contributed by atoms with Gasteiger partial charge in [0, 0.05) is 0 Å². The molecule has 0 aromatic rings. The van der Waals surface area contributed by atoms with Crippen LogP contribution in [0.4, 0.5) is 0 Å². The van der Waals surface area contributed by atoms with Gasteiger partial charge >= 0.3 is 34.4 Å². The molecule has 1 radical (unpaired) electrons. The van der Waals surface area contributed by atoms with Crippen LogP contribution in [0.5, 0.6) is 0 Å². The molecule has 7 heteroatoms. The molecule has 0 aromatic carbocycles. The molecule has 0 aromatic heterocycles. The Morgan fingerprint density at radius 1 is 0.429 bits per heavy atom. The average Bonchev–Trinajstić information content (AvgIpc) is 0. The van der Waals surface area contributed by atoms with Crippen LogP contribution in [0.25, 0.3) is 0 Å². The topological polar surface area (TPSA) is 0 Å². The Balaban J connectivity index is 0. The van der Waals surface area contributed by atoms with Crippen LogP contribution >= 0.6 is 0 Å². The quantitative estimate of drug-likeness (QED) is 0.270. The maximum Gasteiger partial charge on any atom is 2.00 e. The summed E-state index contributed by atoms with van der Waals surface area (Å²) in [5, 5.41) is 0. The predicted molar refractivity (Wildman–Crippen MR) is 0 cm³/mol. The molecule has 0 atom stereocenters. The van der Waals surface area contributed by atoms with Gasteiger partial charge in [0.1, 0.15) is 0 Å². The monoisotopic (exact) mass is 202 g/mol. The fraction of sp³-hybridized carbons (Fsp3) is 0. The minimum atomic E-state index is 0. The Morgan fingerprint density at radius 3 is 0.429 bits per heavy atom. The molecule has 0 nitrogen and oxygen atoms in total. The van der Waals surface area contributed by atoms with Gasteiger partial charge in [-0.3, -0.25) is 0 Å². The van der Waals surface area contributed by atoms with Crippen molar-refractivity contribution in [2.24, 2.45) is 0 Å². The molecular weight excluding hydrogens is 202 g/mol. The number of halogens is 5. The summed E-state index contributed by atoms with van der Waals surface area (Å²) in [6, 6.07) is 0. The molecular formula is CrF5Mn-. The molecule has 0 N–H and O–H groups in total. The average molecular weight is 202 g/mol. The van der Waals surface area contributed by atoms with E-state index in [1.165, 1.54) is 0 Å². The first-order chi connectivity index (χ1) is 0. The molecule has 0 bridgehead atoms. The Kier molecular flexibility index (Phi) is 44400. The standard InChI is InChI=1S/Cr.5FH.Mn/h;5*1H;/q+2;;;;;;+2/p-5. The van der Waals surface area contributed by atoms with E-state index in [0.29, 0.717) is 0 Å². The van der Waals surface area contributed by atoms with Crippen molar-refractivity contribution < 1.29 is 58.0 Å². The number of rotatable bonds is 0. The van der Waals surface area contributed by atoms with Crippen molar-refractivity contribution in [1.29, 1.82) is 0 Å². The van der Waals surface area contributed by atoms with E-state index in [2.05, 4.69) is 0 Å². The van der Waals surface area contributed by atoms with Crippen LogP contribution in [0, 0.1) is 0 Å². The molecule has 0 amide bonds. The summed E-state index contributed by atoms with van der Waals surface area (Å²) in [6.45, 7) is 0. The molecule has 0 saturated heterocycles. The molecule has 0 aliphatic heterocycles. The van der Waals surface area contributed by atoms with Gasteiger partial charge in [-0.05, 0) is 0 Å². The first-order valence-electron chi connectivity index (χ1n) is 0. The normalized spacial score (nSPS) is 0. The van der Waals surface area contributed by atoms with E-state index in [4.69, 9.17) is 0 Å². The largest absolute Gasteiger partial charge is 2.00 e. The second-order valence-corrected chi connectivity index (χ2v) is 0. The summed E-state index contributed by atoms with van der Waals surface area (Å²) in [7, 11) is 0. The van der Waals surface area contributed by atoms with Crippen LogP contribution in [0.2, 0.25) is 0 Å². The maximum absolute atomic E-state index is 0. The third kappa shape index (κ3) is 301. The molecule has 0 fully saturated rings. The fourth-order valence-electron chi connectivity index (χ4n) is 0. The van der Waals surface area contributed by atoms with Crippen LogP contribution in [0.3, 0.4) is 0 Å².